The molecule has 2 aromatic rings. The number of benzene rings is 1. The maximum absolute atomic E-state index is 11.4. The van der Waals surface area contributed by atoms with E-state index in [2.05, 4.69) is 21.7 Å². The van der Waals surface area contributed by atoms with Crippen LogP contribution in [0, 0.1) is 0 Å². The predicted molar refractivity (Wildman–Crippen MR) is 77.1 cm³/mol. The Hall–Kier alpha value is -2.10. The smallest absolute Gasteiger partial charge is 0.314 e. The van der Waals surface area contributed by atoms with Crippen LogP contribution < -0.4 is 10.6 Å². The van der Waals surface area contributed by atoms with E-state index in [1.54, 1.807) is 6.20 Å². The van der Waals surface area contributed by atoms with Gasteiger partial charge in [0.05, 0.1) is 5.52 Å². The van der Waals surface area contributed by atoms with Crippen molar-refractivity contribution >= 4 is 16.9 Å². The van der Waals surface area contributed by atoms with Crippen LogP contribution in [0.1, 0.15) is 18.9 Å². The van der Waals surface area contributed by atoms with Gasteiger partial charge < -0.3 is 10.6 Å². The number of aromatic nitrogens is 1. The van der Waals surface area contributed by atoms with Crippen LogP contribution >= 0.6 is 0 Å². The summed E-state index contributed by atoms with van der Waals surface area (Å²) in [6.07, 6.45) is 3.53. The number of pyridine rings is 1. The van der Waals surface area contributed by atoms with Crippen molar-refractivity contribution < 1.29 is 4.79 Å². The molecule has 0 aliphatic carbocycles. The lowest BCUT2D eigenvalue weighted by Crippen LogP contribution is -2.36. The third kappa shape index (κ3) is 3.68. The molecule has 4 heteroatoms. The molecule has 2 amide bonds. The summed E-state index contributed by atoms with van der Waals surface area (Å²) in [7, 11) is 0. The summed E-state index contributed by atoms with van der Waals surface area (Å²) in [6.45, 7) is 3.36. The van der Waals surface area contributed by atoms with Crippen molar-refractivity contribution in [3.05, 3.63) is 42.1 Å². The van der Waals surface area contributed by atoms with Gasteiger partial charge in [-0.05, 0) is 24.5 Å². The monoisotopic (exact) mass is 257 g/mol. The van der Waals surface area contributed by atoms with Gasteiger partial charge in [-0.3, -0.25) is 4.98 Å². The largest absolute Gasteiger partial charge is 0.338 e. The van der Waals surface area contributed by atoms with Crippen LogP contribution in [0.25, 0.3) is 10.9 Å². The first-order chi connectivity index (χ1) is 9.31. The van der Waals surface area contributed by atoms with Crippen LogP contribution in [0.2, 0.25) is 0 Å². The Morgan fingerprint density at radius 3 is 2.79 bits per heavy atom. The Bertz CT molecular complexity index is 549. The minimum absolute atomic E-state index is 0.102. The average Bonchev–Trinajstić information content (AvgIpc) is 2.45. The number of para-hydroxylation sites is 1. The van der Waals surface area contributed by atoms with Gasteiger partial charge >= 0.3 is 6.03 Å². The summed E-state index contributed by atoms with van der Waals surface area (Å²) in [4.78, 5) is 15.8. The van der Waals surface area contributed by atoms with Crippen LogP contribution in [-0.4, -0.2) is 24.1 Å². The van der Waals surface area contributed by atoms with Crippen molar-refractivity contribution in [1.82, 2.24) is 15.6 Å². The molecule has 0 bridgehead atoms. The first-order valence-electron chi connectivity index (χ1n) is 6.65. The molecule has 0 aliphatic rings. The van der Waals surface area contributed by atoms with E-state index >= 15 is 0 Å². The van der Waals surface area contributed by atoms with Gasteiger partial charge in [0.25, 0.3) is 0 Å². The summed E-state index contributed by atoms with van der Waals surface area (Å²) in [5.74, 6) is 0. The lowest BCUT2D eigenvalue weighted by atomic mass is 10.1. The van der Waals surface area contributed by atoms with Gasteiger partial charge in [0.15, 0.2) is 0 Å². The number of nitrogens with one attached hydrogen (secondary N) is 2. The topological polar surface area (TPSA) is 54.0 Å². The molecule has 0 atom stereocenters. The van der Waals surface area contributed by atoms with E-state index in [9.17, 15) is 4.79 Å². The van der Waals surface area contributed by atoms with E-state index in [1.807, 2.05) is 31.2 Å². The lowest BCUT2D eigenvalue weighted by Gasteiger charge is -2.08. The van der Waals surface area contributed by atoms with Gasteiger partial charge in [0, 0.05) is 24.7 Å². The van der Waals surface area contributed by atoms with Gasteiger partial charge in [0.1, 0.15) is 0 Å². The summed E-state index contributed by atoms with van der Waals surface area (Å²) >= 11 is 0. The molecule has 0 saturated heterocycles. The Balaban J connectivity index is 1.93. The van der Waals surface area contributed by atoms with Crippen molar-refractivity contribution in [3.8, 4) is 0 Å². The molecular formula is C15H19N3O. The quantitative estimate of drug-likeness (QED) is 0.864. The Labute approximate surface area is 113 Å². The highest BCUT2D eigenvalue weighted by Gasteiger charge is 2.03. The number of amides is 2. The molecule has 1 aromatic carbocycles. The zero-order valence-corrected chi connectivity index (χ0v) is 11.1. The second-order valence-corrected chi connectivity index (χ2v) is 4.42. The van der Waals surface area contributed by atoms with Crippen molar-refractivity contribution in [2.75, 3.05) is 13.1 Å². The second kappa shape index (κ2) is 6.73. The van der Waals surface area contributed by atoms with Gasteiger partial charge in [0.2, 0.25) is 0 Å². The molecule has 2 rings (SSSR count). The zero-order chi connectivity index (χ0) is 13.5. The molecule has 0 radical (unpaired) electrons. The van der Waals surface area contributed by atoms with E-state index in [4.69, 9.17) is 0 Å². The first kappa shape index (κ1) is 13.3. The van der Waals surface area contributed by atoms with Crippen molar-refractivity contribution in [2.24, 2.45) is 0 Å². The molecule has 0 saturated carbocycles. The summed E-state index contributed by atoms with van der Waals surface area (Å²) in [5.41, 5.74) is 2.18. The molecular weight excluding hydrogens is 238 g/mol. The maximum Gasteiger partial charge on any atom is 0.314 e. The Morgan fingerprint density at radius 1 is 1.16 bits per heavy atom. The minimum Gasteiger partial charge on any atom is -0.338 e. The second-order valence-electron chi connectivity index (χ2n) is 4.42. The van der Waals surface area contributed by atoms with Crippen molar-refractivity contribution in [3.63, 3.8) is 0 Å². The Kier molecular flexibility index (Phi) is 4.72. The van der Waals surface area contributed by atoms with Crippen LogP contribution in [0.4, 0.5) is 4.79 Å². The maximum atomic E-state index is 11.4. The number of fused-ring (bicyclic) bond motifs is 1. The highest BCUT2D eigenvalue weighted by atomic mass is 16.2. The number of carbonyl (C=O) groups is 1. The molecule has 19 heavy (non-hydrogen) atoms. The van der Waals surface area contributed by atoms with Crippen molar-refractivity contribution in [2.45, 2.75) is 19.8 Å². The van der Waals surface area contributed by atoms with Crippen LogP contribution in [0.5, 0.6) is 0 Å². The normalized spacial score (nSPS) is 10.4. The number of rotatable bonds is 5. The number of hydrogen-bond donors (Lipinski definition) is 2. The lowest BCUT2D eigenvalue weighted by molar-refractivity contribution is 0.241. The van der Waals surface area contributed by atoms with E-state index < -0.39 is 0 Å². The van der Waals surface area contributed by atoms with Crippen LogP contribution in [0.3, 0.4) is 0 Å². The number of hydrogen-bond acceptors (Lipinski definition) is 2. The number of nitrogens with zero attached hydrogens (tertiary/aromatic N) is 1. The SMILES string of the molecule is CCCNC(=O)NCCc1cccc2cccnc12. The molecule has 0 unspecified atom stereocenters. The van der Waals surface area contributed by atoms with Crippen LogP contribution in [-0.2, 0) is 6.42 Å². The van der Waals surface area contributed by atoms with Gasteiger partial charge in [-0.15, -0.1) is 0 Å². The van der Waals surface area contributed by atoms with Crippen molar-refractivity contribution in [1.29, 1.82) is 0 Å². The summed E-state index contributed by atoms with van der Waals surface area (Å²) in [5, 5.41) is 6.78. The minimum atomic E-state index is -0.102. The number of urea groups is 1. The van der Waals surface area contributed by atoms with Gasteiger partial charge in [-0.1, -0.05) is 31.2 Å². The molecule has 1 aromatic heterocycles. The average molecular weight is 257 g/mol. The van der Waals surface area contributed by atoms with E-state index in [-0.39, 0.29) is 6.03 Å². The number of carbonyl (C=O) groups excluding carboxylic acids is 1. The first-order valence-corrected chi connectivity index (χ1v) is 6.65. The molecule has 4 nitrogen and oxygen atoms in total. The molecule has 2 N–H and O–H groups in total. The molecule has 0 aliphatic heterocycles. The predicted octanol–water partition coefficient (Wildman–Crippen LogP) is 2.49. The fraction of sp³-hybridized carbons (Fsp3) is 0.333. The summed E-state index contributed by atoms with van der Waals surface area (Å²) < 4.78 is 0. The fourth-order valence-electron chi connectivity index (χ4n) is 1.98. The Morgan fingerprint density at radius 2 is 1.95 bits per heavy atom. The molecule has 1 heterocycles. The molecule has 100 valence electrons. The summed E-state index contributed by atoms with van der Waals surface area (Å²) in [6, 6.07) is 10.0. The van der Waals surface area contributed by atoms with Crippen LogP contribution in [0.15, 0.2) is 36.5 Å². The third-order valence-electron chi connectivity index (χ3n) is 2.93. The van der Waals surface area contributed by atoms with E-state index in [1.165, 1.54) is 0 Å². The highest BCUT2D eigenvalue weighted by molar-refractivity contribution is 5.81. The van der Waals surface area contributed by atoms with Gasteiger partial charge in [-0.25, -0.2) is 4.79 Å². The molecule has 0 spiro atoms. The fourth-order valence-corrected chi connectivity index (χ4v) is 1.98. The highest BCUT2D eigenvalue weighted by Crippen LogP contribution is 2.15. The standard InChI is InChI=1S/C15H19N3O/c1-2-9-17-15(19)18-11-8-13-6-3-5-12-7-4-10-16-14(12)13/h3-7,10H,2,8-9,11H2,1H3,(H2,17,18,19). The third-order valence-corrected chi connectivity index (χ3v) is 2.93. The van der Waals surface area contributed by atoms with E-state index in [0.717, 1.165) is 29.3 Å². The van der Waals surface area contributed by atoms with E-state index in [0.29, 0.717) is 13.1 Å². The molecule has 0 fully saturated rings. The zero-order valence-electron chi connectivity index (χ0n) is 11.1. The van der Waals surface area contributed by atoms with Gasteiger partial charge in [-0.2, -0.15) is 0 Å².